The molecule has 2 aromatic heterocycles. The van der Waals surface area contributed by atoms with E-state index in [9.17, 15) is 28.2 Å². The predicted molar refractivity (Wildman–Crippen MR) is 131 cm³/mol. The van der Waals surface area contributed by atoms with Crippen molar-refractivity contribution in [2.75, 3.05) is 12.4 Å². The summed E-state index contributed by atoms with van der Waals surface area (Å²) in [6.45, 7) is 5.51. The van der Waals surface area contributed by atoms with Crippen molar-refractivity contribution in [3.63, 3.8) is 0 Å². The van der Waals surface area contributed by atoms with Crippen molar-refractivity contribution in [3.05, 3.63) is 52.9 Å². The number of aliphatic hydroxyl groups excluding tert-OH is 1. The number of benzene rings is 1. The number of anilines is 2. The van der Waals surface area contributed by atoms with Crippen LogP contribution in [0.4, 0.5) is 24.8 Å². The van der Waals surface area contributed by atoms with Crippen molar-refractivity contribution in [1.29, 1.82) is 0 Å². The minimum Gasteiger partial charge on any atom is -0.469 e. The molecule has 1 aliphatic rings. The van der Waals surface area contributed by atoms with Gasteiger partial charge in [0.25, 0.3) is 0 Å². The number of nitrogens with one attached hydrogen (secondary N) is 1. The number of hydrogen-bond donors (Lipinski definition) is 3. The molecule has 8 nitrogen and oxygen atoms in total. The van der Waals surface area contributed by atoms with Gasteiger partial charge in [0.1, 0.15) is 16.3 Å². The summed E-state index contributed by atoms with van der Waals surface area (Å²) < 4.78 is 43.9. The number of thiazole rings is 1. The maximum atomic E-state index is 13.0. The van der Waals surface area contributed by atoms with Gasteiger partial charge in [-0.05, 0) is 54.5 Å². The van der Waals surface area contributed by atoms with Crippen molar-refractivity contribution in [3.8, 4) is 10.4 Å². The van der Waals surface area contributed by atoms with Crippen LogP contribution in [0.3, 0.4) is 0 Å². The fourth-order valence-electron chi connectivity index (χ4n) is 4.76. The SMILES string of the molecule is COC(=O)[C@@H]1C[C@H](O)[C@](O)(c2ncc(-c3cc(C)cc(Nc4nccc(C(F)(F)F)n4)c3)s2)CC1(C)C. The van der Waals surface area contributed by atoms with Crippen molar-refractivity contribution < 1.29 is 32.9 Å². The molecular formula is C25H27F3N4O4S. The first-order chi connectivity index (χ1) is 17.2. The van der Waals surface area contributed by atoms with Gasteiger partial charge in [-0.25, -0.2) is 15.0 Å². The highest BCUT2D eigenvalue weighted by Gasteiger charge is 2.54. The van der Waals surface area contributed by atoms with Gasteiger partial charge in [0.15, 0.2) is 0 Å². The highest BCUT2D eigenvalue weighted by Crippen LogP contribution is 2.51. The van der Waals surface area contributed by atoms with Crippen LogP contribution in [0, 0.1) is 18.3 Å². The normalized spacial score (nSPS) is 23.5. The van der Waals surface area contributed by atoms with Gasteiger partial charge in [-0.3, -0.25) is 4.79 Å². The van der Waals surface area contributed by atoms with E-state index in [-0.39, 0.29) is 18.8 Å². The highest BCUT2D eigenvalue weighted by atomic mass is 32.1. The Morgan fingerprint density at radius 2 is 1.97 bits per heavy atom. The molecule has 0 amide bonds. The van der Waals surface area contributed by atoms with E-state index in [1.807, 2.05) is 26.8 Å². The third-order valence-electron chi connectivity index (χ3n) is 6.60. The maximum Gasteiger partial charge on any atom is 0.433 e. The van der Waals surface area contributed by atoms with Crippen LogP contribution >= 0.6 is 11.3 Å². The summed E-state index contributed by atoms with van der Waals surface area (Å²) in [5.74, 6) is -1.20. The number of ether oxygens (including phenoxy) is 1. The van der Waals surface area contributed by atoms with E-state index >= 15 is 0 Å². The van der Waals surface area contributed by atoms with E-state index in [2.05, 4.69) is 20.3 Å². The van der Waals surface area contributed by atoms with Crippen molar-refractivity contribution in [2.24, 2.45) is 11.3 Å². The molecule has 1 aromatic carbocycles. The van der Waals surface area contributed by atoms with Crippen LogP contribution in [0.2, 0.25) is 0 Å². The van der Waals surface area contributed by atoms with Crippen LogP contribution < -0.4 is 5.32 Å². The molecule has 3 atom stereocenters. The van der Waals surface area contributed by atoms with Gasteiger partial charge in [-0.2, -0.15) is 13.2 Å². The molecule has 0 bridgehead atoms. The zero-order valence-electron chi connectivity index (χ0n) is 20.6. The Hall–Kier alpha value is -3.09. The van der Waals surface area contributed by atoms with Crippen LogP contribution in [0.1, 0.15) is 43.0 Å². The number of carbonyl (C=O) groups is 1. The molecule has 0 saturated heterocycles. The maximum absolute atomic E-state index is 13.0. The third kappa shape index (κ3) is 5.46. The van der Waals surface area contributed by atoms with Crippen LogP contribution in [0.15, 0.2) is 36.7 Å². The van der Waals surface area contributed by atoms with E-state index in [0.717, 1.165) is 17.8 Å². The lowest BCUT2D eigenvalue weighted by Crippen LogP contribution is -2.53. The smallest absolute Gasteiger partial charge is 0.433 e. The number of alkyl halides is 3. The number of esters is 1. The topological polar surface area (TPSA) is 117 Å². The molecule has 4 rings (SSSR count). The van der Waals surface area contributed by atoms with Crippen LogP contribution in [-0.2, 0) is 21.3 Å². The molecule has 1 aliphatic carbocycles. The second kappa shape index (κ2) is 9.66. The monoisotopic (exact) mass is 536 g/mol. The molecule has 0 radical (unpaired) electrons. The summed E-state index contributed by atoms with van der Waals surface area (Å²) in [6.07, 6.45) is -3.08. The number of hydrogen-bond acceptors (Lipinski definition) is 9. The van der Waals surface area contributed by atoms with E-state index < -0.39 is 40.9 Å². The van der Waals surface area contributed by atoms with Gasteiger partial charge < -0.3 is 20.3 Å². The molecule has 2 heterocycles. The average molecular weight is 537 g/mol. The Morgan fingerprint density at radius 3 is 2.65 bits per heavy atom. The first-order valence-electron chi connectivity index (χ1n) is 11.5. The second-order valence-corrected chi connectivity index (χ2v) is 11.0. The zero-order chi connectivity index (χ0) is 27.2. The molecule has 3 N–H and O–H groups in total. The molecule has 0 unspecified atom stereocenters. The number of halogens is 3. The molecule has 198 valence electrons. The lowest BCUT2D eigenvalue weighted by Gasteiger charge is -2.47. The summed E-state index contributed by atoms with van der Waals surface area (Å²) in [7, 11) is 1.29. The molecule has 0 aliphatic heterocycles. The summed E-state index contributed by atoms with van der Waals surface area (Å²) in [5, 5.41) is 25.5. The zero-order valence-corrected chi connectivity index (χ0v) is 21.4. The first kappa shape index (κ1) is 27.0. The minimum atomic E-state index is -4.59. The predicted octanol–water partition coefficient (Wildman–Crippen LogP) is 4.83. The Labute approximate surface area is 215 Å². The van der Waals surface area contributed by atoms with E-state index in [1.54, 1.807) is 18.3 Å². The summed E-state index contributed by atoms with van der Waals surface area (Å²) in [6, 6.07) is 6.12. The minimum absolute atomic E-state index is 0.0284. The van der Waals surface area contributed by atoms with E-state index in [0.29, 0.717) is 21.1 Å². The fourth-order valence-corrected chi connectivity index (χ4v) is 5.80. The molecule has 3 aromatic rings. The molecule has 37 heavy (non-hydrogen) atoms. The number of methoxy groups -OCH3 is 1. The number of rotatable bonds is 5. The molecule has 0 spiro atoms. The Balaban J connectivity index is 1.61. The molecular weight excluding hydrogens is 509 g/mol. The van der Waals surface area contributed by atoms with E-state index in [1.165, 1.54) is 18.4 Å². The number of aryl methyl sites for hydroxylation is 1. The van der Waals surface area contributed by atoms with Gasteiger partial charge in [-0.15, -0.1) is 11.3 Å². The number of carbonyl (C=O) groups excluding carboxylic acids is 1. The van der Waals surface area contributed by atoms with Gasteiger partial charge in [0, 0.05) is 18.1 Å². The Morgan fingerprint density at radius 1 is 1.24 bits per heavy atom. The summed E-state index contributed by atoms with van der Waals surface area (Å²) >= 11 is 1.20. The van der Waals surface area contributed by atoms with Crippen LogP contribution in [0.5, 0.6) is 0 Å². The number of aliphatic hydroxyl groups is 2. The standard InChI is InChI=1S/C25H27F3N4O4S/c1-13-7-14(9-15(8-13)31-22-29-6-5-18(32-22)25(26,27)28)17-11-30-21(37-17)24(35)12-23(2,3)16(10-19(24)33)20(34)36-4/h5-9,11,16,19,33,35H,10,12H2,1-4H3,(H,29,31,32)/t16-,19-,24-/m0/s1. The second-order valence-electron chi connectivity index (χ2n) is 9.92. The Bertz CT molecular complexity index is 1310. The summed E-state index contributed by atoms with van der Waals surface area (Å²) in [5.41, 5.74) is -1.37. The molecule has 12 heteroatoms. The van der Waals surface area contributed by atoms with Gasteiger partial charge in [0.05, 0.1) is 24.0 Å². The van der Waals surface area contributed by atoms with Crippen molar-refractivity contribution >= 4 is 28.9 Å². The lowest BCUT2D eigenvalue weighted by atomic mass is 9.62. The lowest BCUT2D eigenvalue weighted by molar-refractivity contribution is -0.178. The van der Waals surface area contributed by atoms with Crippen LogP contribution in [-0.4, -0.2) is 44.3 Å². The third-order valence-corrected chi connectivity index (χ3v) is 7.82. The van der Waals surface area contributed by atoms with Crippen LogP contribution in [0.25, 0.3) is 10.4 Å². The quantitative estimate of drug-likeness (QED) is 0.397. The van der Waals surface area contributed by atoms with Crippen molar-refractivity contribution in [1.82, 2.24) is 15.0 Å². The van der Waals surface area contributed by atoms with Gasteiger partial charge >= 0.3 is 12.1 Å². The highest BCUT2D eigenvalue weighted by molar-refractivity contribution is 7.15. The largest absolute Gasteiger partial charge is 0.469 e. The fraction of sp³-hybridized carbons (Fsp3) is 0.440. The Kier molecular flexibility index (Phi) is 7.04. The van der Waals surface area contributed by atoms with Crippen molar-refractivity contribution in [2.45, 2.75) is 51.5 Å². The van der Waals surface area contributed by atoms with E-state index in [4.69, 9.17) is 4.74 Å². The summed E-state index contributed by atoms with van der Waals surface area (Å²) in [4.78, 5) is 24.7. The number of aromatic nitrogens is 3. The molecule has 1 saturated carbocycles. The van der Waals surface area contributed by atoms with Gasteiger partial charge in [-0.1, -0.05) is 19.9 Å². The number of nitrogens with zero attached hydrogens (tertiary/aromatic N) is 3. The molecule has 1 fully saturated rings. The average Bonchev–Trinajstić information content (AvgIpc) is 3.31. The first-order valence-corrected chi connectivity index (χ1v) is 12.3. The van der Waals surface area contributed by atoms with Gasteiger partial charge in [0.2, 0.25) is 5.95 Å².